The summed E-state index contributed by atoms with van der Waals surface area (Å²) in [6, 6.07) is 5.35. The minimum absolute atomic E-state index is 0.0217. The van der Waals surface area contributed by atoms with E-state index in [1.54, 1.807) is 23.2 Å². The molecule has 2 amide bonds. The van der Waals surface area contributed by atoms with Crippen LogP contribution in [0.1, 0.15) is 59.3 Å². The van der Waals surface area contributed by atoms with Crippen molar-refractivity contribution in [3.05, 3.63) is 57.9 Å². The van der Waals surface area contributed by atoms with Crippen LogP contribution in [-0.2, 0) is 17.8 Å². The maximum atomic E-state index is 12.9. The number of fused-ring (bicyclic) bond motifs is 2. The Labute approximate surface area is 157 Å². The summed E-state index contributed by atoms with van der Waals surface area (Å²) in [6.45, 7) is 2.35. The Bertz CT molecular complexity index is 897. The van der Waals surface area contributed by atoms with Crippen LogP contribution in [0.15, 0.2) is 30.6 Å². The van der Waals surface area contributed by atoms with E-state index in [-0.39, 0.29) is 17.9 Å². The van der Waals surface area contributed by atoms with Gasteiger partial charge in [-0.3, -0.25) is 14.6 Å². The largest absolute Gasteiger partial charge is 0.349 e. The third-order valence-electron chi connectivity index (χ3n) is 5.18. The molecule has 26 heavy (non-hydrogen) atoms. The third-order valence-corrected chi connectivity index (χ3v) is 5.42. The molecule has 2 heterocycles. The summed E-state index contributed by atoms with van der Waals surface area (Å²) in [5.74, 6) is 0.0131. The average Bonchev–Trinajstić information content (AvgIpc) is 2.97. The van der Waals surface area contributed by atoms with Gasteiger partial charge in [-0.15, -0.1) is 0 Å². The van der Waals surface area contributed by atoms with Crippen LogP contribution in [0.3, 0.4) is 0 Å². The second-order valence-electron chi connectivity index (χ2n) is 6.79. The first-order valence-electron chi connectivity index (χ1n) is 8.95. The summed E-state index contributed by atoms with van der Waals surface area (Å²) in [5, 5.41) is 3.71. The predicted octanol–water partition coefficient (Wildman–Crippen LogP) is 3.80. The lowest BCUT2D eigenvalue weighted by molar-refractivity contribution is -0.121. The Kier molecular flexibility index (Phi) is 4.41. The quantitative estimate of drug-likeness (QED) is 0.895. The van der Waals surface area contributed by atoms with Gasteiger partial charge in [-0.2, -0.15) is 0 Å². The van der Waals surface area contributed by atoms with Gasteiger partial charge in [0.25, 0.3) is 5.91 Å². The second kappa shape index (κ2) is 6.72. The van der Waals surface area contributed by atoms with Gasteiger partial charge in [0, 0.05) is 23.2 Å². The zero-order valence-electron chi connectivity index (χ0n) is 14.6. The van der Waals surface area contributed by atoms with E-state index in [2.05, 4.69) is 10.3 Å². The molecule has 0 saturated heterocycles. The number of anilines is 1. The van der Waals surface area contributed by atoms with Crippen molar-refractivity contribution in [1.29, 1.82) is 0 Å². The fraction of sp³-hybridized carbons (Fsp3) is 0.350. The molecule has 6 heteroatoms. The molecule has 5 nitrogen and oxygen atoms in total. The highest BCUT2D eigenvalue weighted by molar-refractivity contribution is 6.31. The SMILES string of the molecule is CCC(=O)NC1CCCc2c1cncc2N1Cc2cc(Cl)ccc2C1=O. The van der Waals surface area contributed by atoms with Crippen molar-refractivity contribution in [3.63, 3.8) is 0 Å². The summed E-state index contributed by atoms with van der Waals surface area (Å²) >= 11 is 6.08. The molecule has 2 aliphatic rings. The van der Waals surface area contributed by atoms with Gasteiger partial charge in [0.05, 0.1) is 24.5 Å². The Morgan fingerprint density at radius 3 is 3.04 bits per heavy atom. The molecule has 1 atom stereocenters. The van der Waals surface area contributed by atoms with Gasteiger partial charge in [-0.05, 0) is 54.2 Å². The molecule has 0 fully saturated rings. The number of rotatable bonds is 3. The number of aromatic nitrogens is 1. The summed E-state index contributed by atoms with van der Waals surface area (Å²) in [6.07, 6.45) is 6.79. The molecule has 1 unspecified atom stereocenters. The fourth-order valence-corrected chi connectivity index (χ4v) is 4.06. The molecule has 2 aromatic rings. The zero-order chi connectivity index (χ0) is 18.3. The minimum atomic E-state index is -0.0341. The molecule has 0 radical (unpaired) electrons. The minimum Gasteiger partial charge on any atom is -0.349 e. The number of hydrogen-bond donors (Lipinski definition) is 1. The van der Waals surface area contributed by atoms with E-state index >= 15 is 0 Å². The highest BCUT2D eigenvalue weighted by Crippen LogP contribution is 2.38. The van der Waals surface area contributed by atoms with E-state index in [1.807, 2.05) is 19.2 Å². The standard InChI is InChI=1S/C20H20ClN3O2/c1-2-19(25)23-17-5-3-4-15-16(17)9-22-10-18(15)24-11-12-8-13(21)6-7-14(12)20(24)26/h6-10,17H,2-5,11H2,1H3,(H,23,25). The van der Waals surface area contributed by atoms with Crippen molar-refractivity contribution in [1.82, 2.24) is 10.3 Å². The first-order chi connectivity index (χ1) is 12.6. The molecule has 4 rings (SSSR count). The van der Waals surface area contributed by atoms with E-state index in [0.29, 0.717) is 23.6 Å². The predicted molar refractivity (Wildman–Crippen MR) is 100 cm³/mol. The molecule has 1 aliphatic carbocycles. The topological polar surface area (TPSA) is 62.3 Å². The lowest BCUT2D eigenvalue weighted by Crippen LogP contribution is -2.32. The summed E-state index contributed by atoms with van der Waals surface area (Å²) in [5.41, 5.74) is 4.61. The van der Waals surface area contributed by atoms with Crippen LogP contribution in [0.25, 0.3) is 0 Å². The van der Waals surface area contributed by atoms with Gasteiger partial charge < -0.3 is 10.2 Å². The van der Waals surface area contributed by atoms with Gasteiger partial charge in [0.1, 0.15) is 0 Å². The van der Waals surface area contributed by atoms with E-state index in [1.165, 1.54) is 0 Å². The van der Waals surface area contributed by atoms with Gasteiger partial charge in [0.2, 0.25) is 5.91 Å². The molecule has 1 aliphatic heterocycles. The van der Waals surface area contributed by atoms with E-state index < -0.39 is 0 Å². The maximum Gasteiger partial charge on any atom is 0.258 e. The Balaban J connectivity index is 1.70. The second-order valence-corrected chi connectivity index (χ2v) is 7.22. The molecule has 0 saturated carbocycles. The van der Waals surface area contributed by atoms with Crippen LogP contribution in [-0.4, -0.2) is 16.8 Å². The van der Waals surface area contributed by atoms with Crippen molar-refractivity contribution in [2.75, 3.05) is 4.90 Å². The third kappa shape index (κ3) is 2.86. The molecule has 1 aromatic carbocycles. The normalized spacial score (nSPS) is 18.5. The van der Waals surface area contributed by atoms with Crippen molar-refractivity contribution in [3.8, 4) is 0 Å². The number of carbonyl (C=O) groups excluding carboxylic acids is 2. The average molecular weight is 370 g/mol. The van der Waals surface area contributed by atoms with Crippen molar-refractivity contribution < 1.29 is 9.59 Å². The lowest BCUT2D eigenvalue weighted by Gasteiger charge is -2.29. The van der Waals surface area contributed by atoms with Crippen molar-refractivity contribution >= 4 is 29.1 Å². The number of benzene rings is 1. The molecule has 0 spiro atoms. The zero-order valence-corrected chi connectivity index (χ0v) is 15.3. The Morgan fingerprint density at radius 1 is 1.38 bits per heavy atom. The number of pyridine rings is 1. The number of amides is 2. The number of carbonyl (C=O) groups is 2. The van der Waals surface area contributed by atoms with Crippen molar-refractivity contribution in [2.24, 2.45) is 0 Å². The molecular formula is C20H20ClN3O2. The van der Waals surface area contributed by atoms with Crippen LogP contribution in [0.5, 0.6) is 0 Å². The number of halogens is 1. The fourth-order valence-electron chi connectivity index (χ4n) is 3.87. The van der Waals surface area contributed by atoms with E-state index in [4.69, 9.17) is 11.6 Å². The van der Waals surface area contributed by atoms with Gasteiger partial charge in [0.15, 0.2) is 0 Å². The van der Waals surface area contributed by atoms with Gasteiger partial charge in [-0.1, -0.05) is 18.5 Å². The molecule has 0 bridgehead atoms. The van der Waals surface area contributed by atoms with Crippen LogP contribution in [0.4, 0.5) is 5.69 Å². The van der Waals surface area contributed by atoms with Gasteiger partial charge in [-0.25, -0.2) is 0 Å². The first kappa shape index (κ1) is 17.0. The van der Waals surface area contributed by atoms with Crippen molar-refractivity contribution in [2.45, 2.75) is 45.2 Å². The maximum absolute atomic E-state index is 12.9. The Morgan fingerprint density at radius 2 is 2.23 bits per heavy atom. The summed E-state index contributed by atoms with van der Waals surface area (Å²) < 4.78 is 0. The summed E-state index contributed by atoms with van der Waals surface area (Å²) in [4.78, 5) is 30.9. The van der Waals surface area contributed by atoms with Crippen LogP contribution in [0, 0.1) is 0 Å². The highest BCUT2D eigenvalue weighted by atomic mass is 35.5. The van der Waals surface area contributed by atoms with Crippen LogP contribution < -0.4 is 10.2 Å². The molecular weight excluding hydrogens is 350 g/mol. The highest BCUT2D eigenvalue weighted by Gasteiger charge is 2.32. The lowest BCUT2D eigenvalue weighted by atomic mass is 9.87. The first-order valence-corrected chi connectivity index (χ1v) is 9.32. The monoisotopic (exact) mass is 369 g/mol. The smallest absolute Gasteiger partial charge is 0.258 e. The number of hydrogen-bond acceptors (Lipinski definition) is 3. The molecule has 1 aromatic heterocycles. The number of nitrogens with zero attached hydrogens (tertiary/aromatic N) is 2. The van der Waals surface area contributed by atoms with Crippen LogP contribution >= 0.6 is 11.6 Å². The van der Waals surface area contributed by atoms with Gasteiger partial charge >= 0.3 is 0 Å². The van der Waals surface area contributed by atoms with E-state index in [0.717, 1.165) is 41.6 Å². The van der Waals surface area contributed by atoms with Crippen LogP contribution in [0.2, 0.25) is 5.02 Å². The molecule has 134 valence electrons. The number of nitrogens with one attached hydrogen (secondary N) is 1. The summed E-state index contributed by atoms with van der Waals surface area (Å²) in [7, 11) is 0. The van der Waals surface area contributed by atoms with E-state index in [9.17, 15) is 9.59 Å². The molecule has 1 N–H and O–H groups in total. The Hall–Kier alpha value is -2.40.